The van der Waals surface area contributed by atoms with E-state index in [0.717, 1.165) is 18.3 Å². The van der Waals surface area contributed by atoms with E-state index in [9.17, 15) is 21.6 Å². The van der Waals surface area contributed by atoms with E-state index in [2.05, 4.69) is 9.71 Å². The molecule has 0 fully saturated rings. The molecule has 112 valence electrons. The third kappa shape index (κ3) is 3.85. The normalized spacial score (nSPS) is 12.2. The summed E-state index contributed by atoms with van der Waals surface area (Å²) in [5.41, 5.74) is -1.14. The number of halogens is 4. The molecule has 1 aromatic carbocycles. The third-order valence-electron chi connectivity index (χ3n) is 2.45. The van der Waals surface area contributed by atoms with E-state index < -0.39 is 21.8 Å². The molecule has 2 aromatic rings. The highest BCUT2D eigenvalue weighted by Gasteiger charge is 2.30. The van der Waals surface area contributed by atoms with Crippen molar-refractivity contribution >= 4 is 27.3 Å². The quantitative estimate of drug-likeness (QED) is 0.872. The Labute approximate surface area is 123 Å². The Hall–Kier alpha value is -1.80. The van der Waals surface area contributed by atoms with Crippen LogP contribution in [0.15, 0.2) is 47.5 Å². The van der Waals surface area contributed by atoms with E-state index >= 15 is 0 Å². The van der Waals surface area contributed by atoms with Gasteiger partial charge in [0, 0.05) is 11.9 Å². The number of benzene rings is 1. The topological polar surface area (TPSA) is 59.1 Å². The summed E-state index contributed by atoms with van der Waals surface area (Å²) in [6.07, 6.45) is -3.54. The van der Waals surface area contributed by atoms with Gasteiger partial charge in [-0.05, 0) is 30.3 Å². The van der Waals surface area contributed by atoms with Crippen molar-refractivity contribution in [2.45, 2.75) is 11.1 Å². The van der Waals surface area contributed by atoms with Gasteiger partial charge in [0.1, 0.15) is 10.0 Å². The first-order chi connectivity index (χ1) is 9.68. The second-order valence-electron chi connectivity index (χ2n) is 4.00. The number of aromatic nitrogens is 1. The lowest BCUT2D eigenvalue weighted by molar-refractivity contribution is -0.137. The van der Waals surface area contributed by atoms with Crippen molar-refractivity contribution in [3.63, 3.8) is 0 Å². The molecule has 0 aliphatic heterocycles. The van der Waals surface area contributed by atoms with Crippen molar-refractivity contribution in [3.8, 4) is 0 Å². The molecule has 0 unspecified atom stereocenters. The summed E-state index contributed by atoms with van der Waals surface area (Å²) in [6, 6.07) is 6.35. The van der Waals surface area contributed by atoms with Crippen LogP contribution in [0.25, 0.3) is 0 Å². The number of nitrogens with one attached hydrogen (secondary N) is 1. The van der Waals surface area contributed by atoms with E-state index in [4.69, 9.17) is 11.6 Å². The maximum absolute atomic E-state index is 12.6. The first-order valence-corrected chi connectivity index (χ1v) is 7.36. The molecule has 21 heavy (non-hydrogen) atoms. The van der Waals surface area contributed by atoms with E-state index in [-0.39, 0.29) is 15.7 Å². The maximum atomic E-state index is 12.6. The average molecular weight is 337 g/mol. The lowest BCUT2D eigenvalue weighted by Crippen LogP contribution is -2.14. The van der Waals surface area contributed by atoms with Gasteiger partial charge in [-0.1, -0.05) is 17.7 Å². The highest BCUT2D eigenvalue weighted by Crippen LogP contribution is 2.31. The molecule has 0 aliphatic carbocycles. The minimum atomic E-state index is -4.55. The molecule has 0 radical (unpaired) electrons. The molecule has 0 amide bonds. The van der Waals surface area contributed by atoms with E-state index in [1.54, 1.807) is 0 Å². The van der Waals surface area contributed by atoms with Crippen LogP contribution in [0.5, 0.6) is 0 Å². The van der Waals surface area contributed by atoms with Crippen molar-refractivity contribution in [1.82, 2.24) is 4.98 Å². The highest BCUT2D eigenvalue weighted by molar-refractivity contribution is 7.92. The highest BCUT2D eigenvalue weighted by atomic mass is 35.5. The number of anilines is 1. The first-order valence-electron chi connectivity index (χ1n) is 5.50. The number of nitrogens with zero attached hydrogens (tertiary/aromatic N) is 1. The molecule has 1 aromatic heterocycles. The number of rotatable bonds is 3. The summed E-state index contributed by atoms with van der Waals surface area (Å²) in [6.45, 7) is 0. The number of hydrogen-bond acceptors (Lipinski definition) is 3. The monoisotopic (exact) mass is 336 g/mol. The molecule has 0 spiro atoms. The Bertz CT molecular complexity index is 746. The summed E-state index contributed by atoms with van der Waals surface area (Å²) >= 11 is 5.54. The first kappa shape index (κ1) is 15.6. The van der Waals surface area contributed by atoms with Crippen molar-refractivity contribution in [2.24, 2.45) is 0 Å². The molecule has 0 saturated heterocycles. The van der Waals surface area contributed by atoms with Crippen LogP contribution in [0.1, 0.15) is 5.56 Å². The minimum Gasteiger partial charge on any atom is -0.280 e. The summed E-state index contributed by atoms with van der Waals surface area (Å²) in [5.74, 6) is 0. The third-order valence-corrected chi connectivity index (χ3v) is 4.04. The second kappa shape index (κ2) is 5.53. The summed E-state index contributed by atoms with van der Waals surface area (Å²) in [7, 11) is -4.03. The Morgan fingerprint density at radius 3 is 2.43 bits per heavy atom. The van der Waals surface area contributed by atoms with Gasteiger partial charge in [0.2, 0.25) is 0 Å². The Kier molecular flexibility index (Phi) is 4.11. The predicted octanol–water partition coefficient (Wildman–Crippen LogP) is 3.55. The van der Waals surface area contributed by atoms with Crippen LogP contribution in [0, 0.1) is 0 Å². The number of pyridine rings is 1. The fourth-order valence-electron chi connectivity index (χ4n) is 1.49. The van der Waals surface area contributed by atoms with Gasteiger partial charge in [0.25, 0.3) is 10.0 Å². The van der Waals surface area contributed by atoms with E-state index in [0.29, 0.717) is 6.07 Å². The summed E-state index contributed by atoms with van der Waals surface area (Å²) < 4.78 is 63.8. The van der Waals surface area contributed by atoms with Gasteiger partial charge >= 0.3 is 6.18 Å². The van der Waals surface area contributed by atoms with Gasteiger partial charge in [0.15, 0.2) is 0 Å². The molecule has 0 saturated carbocycles. The number of hydrogen-bond donors (Lipinski definition) is 1. The van der Waals surface area contributed by atoms with Gasteiger partial charge in [-0.25, -0.2) is 13.4 Å². The fraction of sp³-hybridized carbons (Fsp3) is 0.0833. The van der Waals surface area contributed by atoms with Crippen molar-refractivity contribution < 1.29 is 21.6 Å². The molecule has 1 heterocycles. The zero-order valence-electron chi connectivity index (χ0n) is 10.2. The number of sulfonamides is 1. The predicted molar refractivity (Wildman–Crippen MR) is 71.5 cm³/mol. The lowest BCUT2D eigenvalue weighted by Gasteiger charge is -2.11. The van der Waals surface area contributed by atoms with Gasteiger partial charge in [-0.15, -0.1) is 0 Å². The second-order valence-corrected chi connectivity index (χ2v) is 6.07. The van der Waals surface area contributed by atoms with Crippen molar-refractivity contribution in [1.29, 1.82) is 0 Å². The molecule has 9 heteroatoms. The summed E-state index contributed by atoms with van der Waals surface area (Å²) in [4.78, 5) is 3.41. The largest absolute Gasteiger partial charge is 0.416 e. The van der Waals surface area contributed by atoms with Gasteiger partial charge in [-0.2, -0.15) is 13.2 Å². The Balaban J connectivity index is 2.31. The molecule has 0 aliphatic rings. The minimum absolute atomic E-state index is 0.105. The van der Waals surface area contributed by atoms with Crippen LogP contribution in [0.3, 0.4) is 0 Å². The summed E-state index contributed by atoms with van der Waals surface area (Å²) in [5, 5.41) is 0.105. The van der Waals surface area contributed by atoms with Crippen LogP contribution in [0.2, 0.25) is 5.15 Å². The van der Waals surface area contributed by atoms with Crippen LogP contribution in [0.4, 0.5) is 18.9 Å². The standard InChI is InChI=1S/C12H8ClF3N2O2S/c13-11-5-4-10(7-17-11)21(19,20)18-9-3-1-2-8(6-9)12(14,15)16/h1-7,18H. The molecule has 0 atom stereocenters. The molecule has 2 rings (SSSR count). The van der Waals surface area contributed by atoms with Gasteiger partial charge in [0.05, 0.1) is 5.56 Å². The van der Waals surface area contributed by atoms with Crippen molar-refractivity contribution in [2.75, 3.05) is 4.72 Å². The Morgan fingerprint density at radius 1 is 1.14 bits per heavy atom. The zero-order chi connectivity index (χ0) is 15.7. The van der Waals surface area contributed by atoms with Gasteiger partial charge in [-0.3, -0.25) is 4.72 Å². The van der Waals surface area contributed by atoms with E-state index in [1.807, 2.05) is 0 Å². The van der Waals surface area contributed by atoms with Crippen molar-refractivity contribution in [3.05, 3.63) is 53.3 Å². The molecule has 4 nitrogen and oxygen atoms in total. The number of alkyl halides is 3. The fourth-order valence-corrected chi connectivity index (χ4v) is 2.60. The SMILES string of the molecule is O=S(=O)(Nc1cccc(C(F)(F)F)c1)c1ccc(Cl)nc1. The zero-order valence-corrected chi connectivity index (χ0v) is 11.8. The molecular formula is C12H8ClF3N2O2S. The Morgan fingerprint density at radius 2 is 1.86 bits per heavy atom. The molecule has 0 bridgehead atoms. The van der Waals surface area contributed by atoms with Crippen LogP contribution >= 0.6 is 11.6 Å². The molecule has 1 N–H and O–H groups in total. The molecular weight excluding hydrogens is 329 g/mol. The van der Waals surface area contributed by atoms with Crippen LogP contribution < -0.4 is 4.72 Å². The maximum Gasteiger partial charge on any atom is 0.416 e. The van der Waals surface area contributed by atoms with Crippen LogP contribution in [-0.2, 0) is 16.2 Å². The lowest BCUT2D eigenvalue weighted by atomic mass is 10.2. The van der Waals surface area contributed by atoms with Crippen LogP contribution in [-0.4, -0.2) is 13.4 Å². The smallest absolute Gasteiger partial charge is 0.280 e. The average Bonchev–Trinajstić information content (AvgIpc) is 2.38. The van der Waals surface area contributed by atoms with Gasteiger partial charge < -0.3 is 0 Å². The van der Waals surface area contributed by atoms with E-state index in [1.165, 1.54) is 18.2 Å².